The number of esters is 1. The van der Waals surface area contributed by atoms with Crippen molar-refractivity contribution in [3.05, 3.63) is 106 Å². The van der Waals surface area contributed by atoms with Crippen LogP contribution in [-0.4, -0.2) is 68.6 Å². The van der Waals surface area contributed by atoms with Crippen LogP contribution < -0.4 is 4.90 Å². The van der Waals surface area contributed by atoms with Crippen LogP contribution in [0.2, 0.25) is 5.02 Å². The Morgan fingerprint density at radius 1 is 1.07 bits per heavy atom. The smallest absolute Gasteiger partial charge is 0.339 e. The second kappa shape index (κ2) is 12.2. The summed E-state index contributed by atoms with van der Waals surface area (Å²) in [5, 5.41) is 0.842. The van der Waals surface area contributed by atoms with Gasteiger partial charge in [0, 0.05) is 49.2 Å². The van der Waals surface area contributed by atoms with Gasteiger partial charge in [-0.05, 0) is 80.8 Å². The number of carbonyl (C=O) groups is 2. The molecule has 1 aliphatic heterocycles. The molecule has 0 atom stereocenters. The number of anilines is 1. The first kappa shape index (κ1) is 31.2. The number of amides is 1. The van der Waals surface area contributed by atoms with Crippen molar-refractivity contribution < 1.29 is 18.7 Å². The number of piperazine rings is 1. The number of hydrogen-bond donors (Lipinski definition) is 0. The van der Waals surface area contributed by atoms with E-state index >= 15 is 0 Å². The van der Waals surface area contributed by atoms with Crippen LogP contribution in [0, 0.1) is 19.7 Å². The first-order valence-corrected chi connectivity index (χ1v) is 15.3. The van der Waals surface area contributed by atoms with Gasteiger partial charge in [0.15, 0.2) is 0 Å². The summed E-state index contributed by atoms with van der Waals surface area (Å²) in [5.74, 6) is -0.343. The summed E-state index contributed by atoms with van der Waals surface area (Å²) in [4.78, 5) is 44.2. The molecule has 4 aromatic heterocycles. The van der Waals surface area contributed by atoms with E-state index in [-0.39, 0.29) is 10.9 Å². The van der Waals surface area contributed by atoms with Crippen LogP contribution in [0.1, 0.15) is 51.5 Å². The van der Waals surface area contributed by atoms with Gasteiger partial charge in [-0.15, -0.1) is 0 Å². The molecule has 0 N–H and O–H groups in total. The molecule has 1 aliphatic rings. The normalized spacial score (nSPS) is 14.5. The molecule has 236 valence electrons. The predicted octanol–water partition coefficient (Wildman–Crippen LogP) is 6.48. The summed E-state index contributed by atoms with van der Waals surface area (Å²) < 4.78 is 21.4. The lowest BCUT2D eigenvalue weighted by atomic mass is 9.97. The third kappa shape index (κ3) is 5.80. The van der Waals surface area contributed by atoms with E-state index in [1.54, 1.807) is 31.5 Å². The van der Waals surface area contributed by atoms with E-state index in [4.69, 9.17) is 26.3 Å². The van der Waals surface area contributed by atoms with Crippen LogP contribution in [-0.2, 0) is 11.3 Å². The number of pyridine rings is 3. The van der Waals surface area contributed by atoms with E-state index in [1.165, 1.54) is 19.2 Å². The number of fused-ring (bicyclic) bond motifs is 1. The van der Waals surface area contributed by atoms with Gasteiger partial charge in [-0.3, -0.25) is 9.78 Å². The lowest BCUT2D eigenvalue weighted by molar-refractivity contribution is 0.0506. The number of carbonyl (C=O) groups excluding carboxylic acids is 2. The van der Waals surface area contributed by atoms with Crippen LogP contribution in [0.5, 0.6) is 0 Å². The minimum atomic E-state index is -0.555. The zero-order valence-electron chi connectivity index (χ0n) is 26.3. The second-order valence-electron chi connectivity index (χ2n) is 12.2. The average molecular weight is 641 g/mol. The molecule has 0 aliphatic carbocycles. The first-order valence-electron chi connectivity index (χ1n) is 14.9. The van der Waals surface area contributed by atoms with Gasteiger partial charge >= 0.3 is 5.97 Å². The molecule has 46 heavy (non-hydrogen) atoms. The molecule has 9 nitrogen and oxygen atoms in total. The zero-order chi connectivity index (χ0) is 32.7. The number of hydrogen-bond acceptors (Lipinski definition) is 7. The van der Waals surface area contributed by atoms with Gasteiger partial charge in [-0.25, -0.2) is 19.2 Å². The highest BCUT2D eigenvalue weighted by Gasteiger charge is 2.38. The van der Waals surface area contributed by atoms with E-state index in [1.807, 2.05) is 60.7 Å². The quantitative estimate of drug-likeness (QED) is 0.196. The standard InChI is InChI=1S/C35H34ClFN6O3/c1-21-15-30(39-22(2)31(21)34(45)46-5)41-13-14-43(35(3,4)20-41)33(44)29-11-9-25-26(24-8-10-27(36)28(37)16-24)19-42(32(25)40-29)18-23-7-6-12-38-17-23/h6-12,15-17,19H,13-14,18,20H2,1-5H3. The molecule has 6 rings (SSSR count). The topological polar surface area (TPSA) is 93.5 Å². The monoisotopic (exact) mass is 640 g/mol. The number of nitrogens with zero attached hydrogens (tertiary/aromatic N) is 6. The number of benzene rings is 1. The Morgan fingerprint density at radius 2 is 1.87 bits per heavy atom. The van der Waals surface area contributed by atoms with Crippen molar-refractivity contribution in [3.8, 4) is 11.1 Å². The summed E-state index contributed by atoms with van der Waals surface area (Å²) in [5.41, 5.74) is 4.64. The van der Waals surface area contributed by atoms with Crippen LogP contribution in [0.4, 0.5) is 10.2 Å². The molecule has 1 amide bonds. The number of halogens is 2. The summed E-state index contributed by atoms with van der Waals surface area (Å²) >= 11 is 5.97. The SMILES string of the molecule is COC(=O)c1c(C)cc(N2CCN(C(=O)c3ccc4c(-c5ccc(Cl)c(F)c5)cn(Cc5cccnc5)c4n3)C(C)(C)C2)nc1C. The molecule has 5 heterocycles. The summed E-state index contributed by atoms with van der Waals surface area (Å²) in [6.07, 6.45) is 5.42. The van der Waals surface area contributed by atoms with Gasteiger partial charge in [0.1, 0.15) is 23.0 Å². The van der Waals surface area contributed by atoms with Crippen molar-refractivity contribution >= 4 is 40.3 Å². The Morgan fingerprint density at radius 3 is 2.54 bits per heavy atom. The van der Waals surface area contributed by atoms with Crippen LogP contribution in [0.3, 0.4) is 0 Å². The number of ether oxygens (including phenoxy) is 1. The Labute approximate surface area is 271 Å². The van der Waals surface area contributed by atoms with Gasteiger partial charge in [-0.1, -0.05) is 23.7 Å². The van der Waals surface area contributed by atoms with Crippen LogP contribution in [0.15, 0.2) is 67.1 Å². The van der Waals surface area contributed by atoms with Crippen molar-refractivity contribution in [2.45, 2.75) is 39.8 Å². The molecule has 0 saturated carbocycles. The van der Waals surface area contributed by atoms with E-state index in [9.17, 15) is 14.0 Å². The lowest BCUT2D eigenvalue weighted by Gasteiger charge is -2.47. The number of methoxy groups -OCH3 is 1. The third-order valence-corrected chi connectivity index (χ3v) is 8.80. The molecule has 0 spiro atoms. The van der Waals surface area contributed by atoms with Gasteiger partial charge in [0.05, 0.1) is 35.5 Å². The Hall–Kier alpha value is -4.83. The van der Waals surface area contributed by atoms with E-state index < -0.39 is 17.3 Å². The maximum atomic E-state index is 14.5. The molecule has 0 unspecified atom stereocenters. The third-order valence-electron chi connectivity index (χ3n) is 8.49. The van der Waals surface area contributed by atoms with E-state index in [0.29, 0.717) is 54.3 Å². The zero-order valence-corrected chi connectivity index (χ0v) is 27.1. The molecule has 1 fully saturated rings. The van der Waals surface area contributed by atoms with Crippen molar-refractivity contribution in [2.75, 3.05) is 31.6 Å². The highest BCUT2D eigenvalue weighted by Crippen LogP contribution is 2.34. The Bertz CT molecular complexity index is 1950. The van der Waals surface area contributed by atoms with Gasteiger partial charge in [0.2, 0.25) is 0 Å². The predicted molar refractivity (Wildman–Crippen MR) is 176 cm³/mol. The molecule has 11 heteroatoms. The molecular formula is C35H34ClFN6O3. The highest BCUT2D eigenvalue weighted by molar-refractivity contribution is 6.30. The maximum absolute atomic E-state index is 14.5. The van der Waals surface area contributed by atoms with Gasteiger partial charge in [-0.2, -0.15) is 0 Å². The summed E-state index contributed by atoms with van der Waals surface area (Å²) in [6, 6.07) is 14.1. The fraction of sp³-hybridized carbons (Fsp3) is 0.286. The summed E-state index contributed by atoms with van der Waals surface area (Å²) in [6.45, 7) is 9.74. The minimum Gasteiger partial charge on any atom is -0.465 e. The molecule has 5 aromatic rings. The van der Waals surface area contributed by atoms with Crippen molar-refractivity contribution in [1.29, 1.82) is 0 Å². The van der Waals surface area contributed by atoms with Crippen LogP contribution in [0.25, 0.3) is 22.2 Å². The minimum absolute atomic E-state index is 0.0517. The highest BCUT2D eigenvalue weighted by atomic mass is 35.5. The van der Waals surface area contributed by atoms with E-state index in [0.717, 1.165) is 27.9 Å². The fourth-order valence-corrected chi connectivity index (χ4v) is 6.35. The largest absolute Gasteiger partial charge is 0.465 e. The number of aryl methyl sites for hydroxylation is 2. The van der Waals surface area contributed by atoms with Crippen molar-refractivity contribution in [3.63, 3.8) is 0 Å². The molecular weight excluding hydrogens is 607 g/mol. The van der Waals surface area contributed by atoms with E-state index in [2.05, 4.69) is 9.88 Å². The Balaban J connectivity index is 1.32. The summed E-state index contributed by atoms with van der Waals surface area (Å²) in [7, 11) is 1.36. The molecule has 0 bridgehead atoms. The fourth-order valence-electron chi connectivity index (χ4n) is 6.23. The lowest BCUT2D eigenvalue weighted by Crippen LogP contribution is -2.61. The molecule has 0 radical (unpaired) electrons. The van der Waals surface area contributed by atoms with Crippen LogP contribution >= 0.6 is 11.6 Å². The van der Waals surface area contributed by atoms with Crippen molar-refractivity contribution in [1.82, 2.24) is 24.4 Å². The van der Waals surface area contributed by atoms with Gasteiger partial charge in [0.25, 0.3) is 5.91 Å². The Kier molecular flexibility index (Phi) is 8.24. The molecule has 1 aromatic carbocycles. The second-order valence-corrected chi connectivity index (χ2v) is 12.6. The first-order chi connectivity index (χ1) is 22.0. The van der Waals surface area contributed by atoms with Gasteiger partial charge < -0.3 is 19.1 Å². The number of rotatable bonds is 6. The maximum Gasteiger partial charge on any atom is 0.339 e. The average Bonchev–Trinajstić information content (AvgIpc) is 3.38. The van der Waals surface area contributed by atoms with Crippen molar-refractivity contribution in [2.24, 2.45) is 0 Å². The number of aromatic nitrogens is 4. The molecule has 1 saturated heterocycles.